The fraction of sp³-hybridized carbons (Fsp3) is 0.632. The third-order valence-electron chi connectivity index (χ3n) is 4.41. The SMILES string of the molecule is CC(C)(O)CCc1ccc(C(=O)NCC(O)CN2CCCC2)cc1. The summed E-state index contributed by atoms with van der Waals surface area (Å²) in [6, 6.07) is 7.42. The van der Waals surface area contributed by atoms with Gasteiger partial charge in [-0.3, -0.25) is 4.79 Å². The van der Waals surface area contributed by atoms with E-state index in [0.717, 1.165) is 25.1 Å². The van der Waals surface area contributed by atoms with Crippen LogP contribution in [0.3, 0.4) is 0 Å². The molecule has 1 aliphatic heterocycles. The number of aryl methyl sites for hydroxylation is 1. The van der Waals surface area contributed by atoms with Crippen LogP contribution in [0.4, 0.5) is 0 Å². The van der Waals surface area contributed by atoms with Gasteiger partial charge in [-0.15, -0.1) is 0 Å². The number of hydrogen-bond acceptors (Lipinski definition) is 4. The zero-order valence-corrected chi connectivity index (χ0v) is 14.8. The summed E-state index contributed by atoms with van der Waals surface area (Å²) in [6.07, 6.45) is 3.32. The van der Waals surface area contributed by atoms with Crippen molar-refractivity contribution in [1.29, 1.82) is 0 Å². The molecule has 0 aromatic heterocycles. The minimum atomic E-state index is -0.679. The lowest BCUT2D eigenvalue weighted by atomic mass is 9.98. The first-order chi connectivity index (χ1) is 11.3. The molecule has 2 rings (SSSR count). The van der Waals surface area contributed by atoms with Crippen LogP contribution in [0.5, 0.6) is 0 Å². The lowest BCUT2D eigenvalue weighted by Gasteiger charge is -2.19. The van der Waals surface area contributed by atoms with Gasteiger partial charge >= 0.3 is 0 Å². The Balaban J connectivity index is 1.75. The molecular formula is C19H30N2O3. The Morgan fingerprint density at radius 2 is 1.88 bits per heavy atom. The monoisotopic (exact) mass is 334 g/mol. The molecule has 0 saturated carbocycles. The number of benzene rings is 1. The smallest absolute Gasteiger partial charge is 0.251 e. The maximum atomic E-state index is 12.1. The fourth-order valence-electron chi connectivity index (χ4n) is 2.91. The summed E-state index contributed by atoms with van der Waals surface area (Å²) in [7, 11) is 0. The van der Waals surface area contributed by atoms with Gasteiger partial charge in [0.1, 0.15) is 0 Å². The van der Waals surface area contributed by atoms with Gasteiger partial charge in [0.25, 0.3) is 5.91 Å². The van der Waals surface area contributed by atoms with Crippen LogP contribution >= 0.6 is 0 Å². The van der Waals surface area contributed by atoms with Crippen LogP contribution < -0.4 is 5.32 Å². The zero-order valence-electron chi connectivity index (χ0n) is 14.8. The first-order valence-corrected chi connectivity index (χ1v) is 8.83. The van der Waals surface area contributed by atoms with Crippen LogP contribution in [-0.4, -0.2) is 58.9 Å². The predicted molar refractivity (Wildman–Crippen MR) is 95.1 cm³/mol. The van der Waals surface area contributed by atoms with Crippen molar-refractivity contribution in [1.82, 2.24) is 10.2 Å². The highest BCUT2D eigenvalue weighted by atomic mass is 16.3. The molecule has 1 aliphatic rings. The number of aliphatic hydroxyl groups excluding tert-OH is 1. The molecule has 0 radical (unpaired) electrons. The van der Waals surface area contributed by atoms with Crippen molar-refractivity contribution >= 4 is 5.91 Å². The summed E-state index contributed by atoms with van der Waals surface area (Å²) >= 11 is 0. The normalized spacial score (nSPS) is 17.0. The van der Waals surface area contributed by atoms with E-state index in [1.54, 1.807) is 26.0 Å². The molecule has 0 aliphatic carbocycles. The van der Waals surface area contributed by atoms with Gasteiger partial charge in [-0.05, 0) is 70.3 Å². The third-order valence-corrected chi connectivity index (χ3v) is 4.41. The highest BCUT2D eigenvalue weighted by Crippen LogP contribution is 2.14. The molecule has 1 heterocycles. The third kappa shape index (κ3) is 6.59. The molecule has 1 atom stereocenters. The number of nitrogens with one attached hydrogen (secondary N) is 1. The molecule has 5 nitrogen and oxygen atoms in total. The lowest BCUT2D eigenvalue weighted by molar-refractivity contribution is 0.0713. The molecule has 1 fully saturated rings. The van der Waals surface area contributed by atoms with E-state index in [1.165, 1.54) is 12.8 Å². The molecule has 5 heteroatoms. The largest absolute Gasteiger partial charge is 0.390 e. The highest BCUT2D eigenvalue weighted by molar-refractivity contribution is 5.94. The fourth-order valence-corrected chi connectivity index (χ4v) is 2.91. The maximum absolute atomic E-state index is 12.1. The Hall–Kier alpha value is -1.43. The first-order valence-electron chi connectivity index (χ1n) is 8.83. The predicted octanol–water partition coefficient (Wildman–Crippen LogP) is 1.58. The van der Waals surface area contributed by atoms with E-state index in [9.17, 15) is 15.0 Å². The minimum Gasteiger partial charge on any atom is -0.390 e. The van der Waals surface area contributed by atoms with Crippen molar-refractivity contribution in [3.8, 4) is 0 Å². The second kappa shape index (κ2) is 8.60. The standard InChI is InChI=1S/C19H30N2O3/c1-19(2,24)10-9-15-5-7-16(8-6-15)18(23)20-13-17(22)14-21-11-3-4-12-21/h5-8,17,22,24H,3-4,9-14H2,1-2H3,(H,20,23). The van der Waals surface area contributed by atoms with Crippen molar-refractivity contribution in [2.45, 2.75) is 51.2 Å². The quantitative estimate of drug-likeness (QED) is 0.675. The second-order valence-electron chi connectivity index (χ2n) is 7.38. The summed E-state index contributed by atoms with van der Waals surface area (Å²) in [4.78, 5) is 14.4. The van der Waals surface area contributed by atoms with Gasteiger partial charge in [-0.1, -0.05) is 12.1 Å². The average molecular weight is 334 g/mol. The molecule has 24 heavy (non-hydrogen) atoms. The summed E-state index contributed by atoms with van der Waals surface area (Å²) in [6.45, 7) is 6.56. The van der Waals surface area contributed by atoms with Crippen molar-refractivity contribution in [2.75, 3.05) is 26.2 Å². The number of likely N-dealkylation sites (tertiary alicyclic amines) is 1. The Kier molecular flexibility index (Phi) is 6.78. The minimum absolute atomic E-state index is 0.162. The summed E-state index contributed by atoms with van der Waals surface area (Å²) in [5, 5.41) is 22.6. The second-order valence-corrected chi connectivity index (χ2v) is 7.38. The molecule has 0 spiro atoms. The number of aliphatic hydroxyl groups is 2. The number of β-amino-alcohol motifs (C(OH)–C–C–N with tert-alkyl or cyclic N) is 1. The Morgan fingerprint density at radius 3 is 2.46 bits per heavy atom. The molecule has 1 saturated heterocycles. The molecule has 0 bridgehead atoms. The van der Waals surface area contributed by atoms with Crippen LogP contribution in [0.15, 0.2) is 24.3 Å². The molecule has 134 valence electrons. The van der Waals surface area contributed by atoms with Crippen molar-refractivity contribution in [2.24, 2.45) is 0 Å². The summed E-state index contributed by atoms with van der Waals surface area (Å²) in [5.41, 5.74) is 1.01. The Morgan fingerprint density at radius 1 is 1.25 bits per heavy atom. The van der Waals surface area contributed by atoms with Gasteiger partial charge in [0.05, 0.1) is 11.7 Å². The van der Waals surface area contributed by atoms with Gasteiger partial charge in [0.2, 0.25) is 0 Å². The number of nitrogens with zero attached hydrogens (tertiary/aromatic N) is 1. The van der Waals surface area contributed by atoms with Gasteiger partial charge < -0.3 is 20.4 Å². The number of carbonyl (C=O) groups excluding carboxylic acids is 1. The van der Waals surface area contributed by atoms with Crippen LogP contribution in [-0.2, 0) is 6.42 Å². The lowest BCUT2D eigenvalue weighted by Crippen LogP contribution is -2.39. The van der Waals surface area contributed by atoms with Crippen molar-refractivity contribution < 1.29 is 15.0 Å². The summed E-state index contributed by atoms with van der Waals surface area (Å²) < 4.78 is 0. The van der Waals surface area contributed by atoms with E-state index in [4.69, 9.17) is 0 Å². The van der Waals surface area contributed by atoms with E-state index >= 15 is 0 Å². The molecule has 3 N–H and O–H groups in total. The van der Waals surface area contributed by atoms with Crippen LogP contribution in [0.1, 0.15) is 49.0 Å². The van der Waals surface area contributed by atoms with Crippen molar-refractivity contribution in [3.05, 3.63) is 35.4 Å². The molecular weight excluding hydrogens is 304 g/mol. The first kappa shape index (κ1) is 18.9. The number of rotatable bonds is 8. The number of hydrogen-bond donors (Lipinski definition) is 3. The van der Waals surface area contributed by atoms with Gasteiger partial charge in [0, 0.05) is 18.7 Å². The number of amides is 1. The van der Waals surface area contributed by atoms with E-state index in [0.29, 0.717) is 18.5 Å². The van der Waals surface area contributed by atoms with E-state index < -0.39 is 11.7 Å². The van der Waals surface area contributed by atoms with Crippen LogP contribution in [0.2, 0.25) is 0 Å². The topological polar surface area (TPSA) is 72.8 Å². The molecule has 1 aromatic rings. The van der Waals surface area contributed by atoms with Crippen LogP contribution in [0, 0.1) is 0 Å². The Bertz CT molecular complexity index is 516. The molecule has 1 unspecified atom stereocenters. The average Bonchev–Trinajstić information content (AvgIpc) is 3.03. The molecule has 1 amide bonds. The van der Waals surface area contributed by atoms with E-state index in [-0.39, 0.29) is 12.5 Å². The van der Waals surface area contributed by atoms with E-state index in [2.05, 4.69) is 10.2 Å². The van der Waals surface area contributed by atoms with E-state index in [1.807, 2.05) is 12.1 Å². The van der Waals surface area contributed by atoms with Gasteiger partial charge in [-0.25, -0.2) is 0 Å². The summed E-state index contributed by atoms with van der Waals surface area (Å²) in [5.74, 6) is -0.162. The van der Waals surface area contributed by atoms with Gasteiger partial charge in [-0.2, -0.15) is 0 Å². The zero-order chi connectivity index (χ0) is 17.6. The highest BCUT2D eigenvalue weighted by Gasteiger charge is 2.17. The van der Waals surface area contributed by atoms with Gasteiger partial charge in [0.15, 0.2) is 0 Å². The van der Waals surface area contributed by atoms with Crippen LogP contribution in [0.25, 0.3) is 0 Å². The van der Waals surface area contributed by atoms with Crippen molar-refractivity contribution in [3.63, 3.8) is 0 Å². The maximum Gasteiger partial charge on any atom is 0.251 e. The molecule has 1 aromatic carbocycles. The number of carbonyl (C=O) groups is 1. The Labute approximate surface area is 144 Å².